The molecule has 0 radical (unpaired) electrons. The van der Waals surface area contributed by atoms with Crippen LogP contribution in [0.1, 0.15) is 46.0 Å². The van der Waals surface area contributed by atoms with E-state index in [1.54, 1.807) is 0 Å². The van der Waals surface area contributed by atoms with Gasteiger partial charge >= 0.3 is 11.9 Å². The molecular formula is C16H22O5. The van der Waals surface area contributed by atoms with E-state index in [0.29, 0.717) is 6.61 Å². The molecule has 116 valence electrons. The van der Waals surface area contributed by atoms with Crippen molar-refractivity contribution in [2.45, 2.75) is 57.2 Å². The van der Waals surface area contributed by atoms with Crippen LogP contribution in [0.5, 0.6) is 0 Å². The van der Waals surface area contributed by atoms with Crippen LogP contribution in [-0.2, 0) is 23.8 Å². The zero-order valence-electron chi connectivity index (χ0n) is 12.9. The first-order chi connectivity index (χ1) is 9.91. The highest BCUT2D eigenvalue weighted by molar-refractivity contribution is 6.06. The average Bonchev–Trinajstić information content (AvgIpc) is 2.81. The van der Waals surface area contributed by atoms with E-state index in [-0.39, 0.29) is 11.3 Å². The number of methoxy groups -OCH3 is 1. The van der Waals surface area contributed by atoms with Gasteiger partial charge in [0.15, 0.2) is 0 Å². The monoisotopic (exact) mass is 294 g/mol. The van der Waals surface area contributed by atoms with Crippen LogP contribution in [0.15, 0.2) is 0 Å². The molecule has 0 aromatic rings. The lowest BCUT2D eigenvalue weighted by atomic mass is 9.31. The molecule has 2 saturated carbocycles. The molecule has 5 heteroatoms. The third kappa shape index (κ3) is 1.02. The van der Waals surface area contributed by atoms with E-state index in [4.69, 9.17) is 14.2 Å². The smallest absolute Gasteiger partial charge is 0.327 e. The lowest BCUT2D eigenvalue weighted by Crippen LogP contribution is -2.82. The van der Waals surface area contributed by atoms with Crippen LogP contribution in [0.2, 0.25) is 0 Å². The largest absolute Gasteiger partial charge is 0.468 e. The highest BCUT2D eigenvalue weighted by atomic mass is 16.6. The summed E-state index contributed by atoms with van der Waals surface area (Å²) in [6.45, 7) is 4.36. The van der Waals surface area contributed by atoms with Gasteiger partial charge in [0, 0.05) is 12.0 Å². The Kier molecular flexibility index (Phi) is 2.34. The van der Waals surface area contributed by atoms with Crippen molar-refractivity contribution in [1.82, 2.24) is 0 Å². The molecule has 2 saturated heterocycles. The minimum absolute atomic E-state index is 0.00275. The van der Waals surface area contributed by atoms with Gasteiger partial charge in [0.05, 0.1) is 7.11 Å². The average molecular weight is 294 g/mol. The summed E-state index contributed by atoms with van der Waals surface area (Å²) in [5, 5.41) is 0. The second kappa shape index (κ2) is 3.62. The number of fused-ring (bicyclic) bond motifs is 1. The van der Waals surface area contributed by atoms with Crippen LogP contribution in [0, 0.1) is 16.7 Å². The second-order valence-electron chi connectivity index (χ2n) is 7.43. The van der Waals surface area contributed by atoms with Gasteiger partial charge in [0.25, 0.3) is 0 Å². The molecule has 0 N–H and O–H groups in total. The third-order valence-electron chi connectivity index (χ3n) is 6.70. The maximum atomic E-state index is 12.8. The molecule has 0 bridgehead atoms. The molecule has 4 atom stereocenters. The van der Waals surface area contributed by atoms with Crippen molar-refractivity contribution >= 4 is 11.9 Å². The van der Waals surface area contributed by atoms with E-state index in [1.165, 1.54) is 7.11 Å². The number of rotatable bonds is 1. The lowest BCUT2D eigenvalue weighted by Gasteiger charge is -2.69. The number of esters is 2. The number of carbonyl (C=O) groups excluding carboxylic acids is 2. The number of ether oxygens (including phenoxy) is 3. The van der Waals surface area contributed by atoms with Gasteiger partial charge in [-0.3, -0.25) is 9.59 Å². The zero-order valence-corrected chi connectivity index (χ0v) is 12.9. The second-order valence-corrected chi connectivity index (χ2v) is 7.43. The van der Waals surface area contributed by atoms with Gasteiger partial charge in [-0.1, -0.05) is 12.8 Å². The van der Waals surface area contributed by atoms with Crippen LogP contribution in [0.25, 0.3) is 0 Å². The summed E-state index contributed by atoms with van der Waals surface area (Å²) in [6, 6.07) is 0. The van der Waals surface area contributed by atoms with Crippen molar-refractivity contribution in [2.75, 3.05) is 13.7 Å². The Labute approximate surface area is 124 Å². The molecule has 2 aliphatic heterocycles. The predicted octanol–water partition coefficient (Wildman–Crippen LogP) is 1.83. The molecule has 0 aromatic heterocycles. The molecule has 2 heterocycles. The van der Waals surface area contributed by atoms with Crippen molar-refractivity contribution in [3.8, 4) is 0 Å². The van der Waals surface area contributed by atoms with E-state index >= 15 is 0 Å². The number of cyclic esters (lactones) is 1. The number of hydrogen-bond donors (Lipinski definition) is 0. The fourth-order valence-electron chi connectivity index (χ4n) is 6.42. The van der Waals surface area contributed by atoms with Gasteiger partial charge in [-0.25, -0.2) is 0 Å². The summed E-state index contributed by atoms with van der Waals surface area (Å²) in [6.07, 6.45) is 4.98. The molecule has 0 unspecified atom stereocenters. The quantitative estimate of drug-likeness (QED) is 0.545. The van der Waals surface area contributed by atoms with Crippen molar-refractivity contribution in [3.63, 3.8) is 0 Å². The van der Waals surface area contributed by atoms with Gasteiger partial charge < -0.3 is 14.2 Å². The molecule has 4 aliphatic rings. The van der Waals surface area contributed by atoms with Crippen LogP contribution in [0.4, 0.5) is 0 Å². The third-order valence-corrected chi connectivity index (χ3v) is 6.70. The Hall–Kier alpha value is -1.10. The minimum atomic E-state index is -1.25. The van der Waals surface area contributed by atoms with E-state index in [1.807, 2.05) is 13.8 Å². The van der Waals surface area contributed by atoms with Crippen molar-refractivity contribution in [3.05, 3.63) is 0 Å². The summed E-state index contributed by atoms with van der Waals surface area (Å²) < 4.78 is 16.9. The normalized spacial score (nSPS) is 49.5. The summed E-state index contributed by atoms with van der Waals surface area (Å²) in [7, 11) is 1.35. The first-order valence-corrected chi connectivity index (χ1v) is 7.86. The minimum Gasteiger partial charge on any atom is -0.468 e. The Bertz CT molecular complexity index is 541. The van der Waals surface area contributed by atoms with Gasteiger partial charge in [-0.15, -0.1) is 0 Å². The van der Waals surface area contributed by atoms with E-state index in [0.717, 1.165) is 32.1 Å². The maximum absolute atomic E-state index is 12.8. The van der Waals surface area contributed by atoms with Gasteiger partial charge in [0.2, 0.25) is 5.41 Å². The summed E-state index contributed by atoms with van der Waals surface area (Å²) in [5.41, 5.74) is -2.98. The van der Waals surface area contributed by atoms with Crippen molar-refractivity contribution in [1.29, 1.82) is 0 Å². The SMILES string of the molecule is COC(=O)[C@]12C(=O)OC(C)(C)[C@]13OCC[C@@]31CCCC[C@H]12. The Morgan fingerprint density at radius 1 is 1.29 bits per heavy atom. The Balaban J connectivity index is 1.99. The van der Waals surface area contributed by atoms with Crippen LogP contribution < -0.4 is 0 Å². The lowest BCUT2D eigenvalue weighted by molar-refractivity contribution is -0.305. The maximum Gasteiger partial charge on any atom is 0.327 e. The molecule has 0 amide bonds. The zero-order chi connectivity index (χ0) is 15.1. The fourth-order valence-corrected chi connectivity index (χ4v) is 6.42. The van der Waals surface area contributed by atoms with Gasteiger partial charge in [0.1, 0.15) is 11.2 Å². The summed E-state index contributed by atoms with van der Waals surface area (Å²) >= 11 is 0. The predicted molar refractivity (Wildman–Crippen MR) is 72.3 cm³/mol. The number of hydrogen-bond acceptors (Lipinski definition) is 5. The molecule has 2 aliphatic carbocycles. The van der Waals surface area contributed by atoms with E-state index in [9.17, 15) is 9.59 Å². The van der Waals surface area contributed by atoms with Gasteiger partial charge in [-0.2, -0.15) is 0 Å². The van der Waals surface area contributed by atoms with Crippen molar-refractivity contribution in [2.24, 2.45) is 16.7 Å². The first-order valence-electron chi connectivity index (χ1n) is 7.86. The molecule has 4 rings (SSSR count). The van der Waals surface area contributed by atoms with Gasteiger partial charge in [-0.05, 0) is 39.0 Å². The van der Waals surface area contributed by atoms with Crippen LogP contribution in [0.3, 0.4) is 0 Å². The standard InChI is InChI=1S/C16H22O5/c1-13(2)16-14(8-9-20-16)7-5-4-6-10(14)15(16,11(17)19-3)12(18)21-13/h10H,4-9H2,1-3H3/t10-,14-,15-,16-/m1/s1. The van der Waals surface area contributed by atoms with Crippen LogP contribution >= 0.6 is 0 Å². The number of carbonyl (C=O) groups is 2. The fraction of sp³-hybridized carbons (Fsp3) is 0.875. The van der Waals surface area contributed by atoms with E-state index < -0.39 is 28.6 Å². The Morgan fingerprint density at radius 2 is 2.05 bits per heavy atom. The Morgan fingerprint density at radius 3 is 2.76 bits per heavy atom. The van der Waals surface area contributed by atoms with Crippen molar-refractivity contribution < 1.29 is 23.8 Å². The summed E-state index contributed by atoms with van der Waals surface area (Å²) in [4.78, 5) is 25.4. The molecule has 0 aromatic carbocycles. The topological polar surface area (TPSA) is 61.8 Å². The van der Waals surface area contributed by atoms with Crippen LogP contribution in [-0.4, -0.2) is 36.9 Å². The highest BCUT2D eigenvalue weighted by Gasteiger charge is 2.96. The van der Waals surface area contributed by atoms with E-state index in [2.05, 4.69) is 0 Å². The molecule has 21 heavy (non-hydrogen) atoms. The first kappa shape index (κ1) is 13.6. The summed E-state index contributed by atoms with van der Waals surface area (Å²) in [5.74, 6) is -0.908. The molecule has 2 spiro atoms. The molecular weight excluding hydrogens is 272 g/mol. The molecule has 5 nitrogen and oxygen atoms in total. The highest BCUT2D eigenvalue weighted by Crippen LogP contribution is 2.82. The molecule has 4 fully saturated rings.